The molecular weight excluding hydrogens is 216 g/mol. The Bertz CT molecular complexity index is 493. The highest BCUT2D eigenvalue weighted by atomic mass is 16.3. The Morgan fingerprint density at radius 2 is 2.00 bits per heavy atom. The van der Waals surface area contributed by atoms with Crippen LogP contribution in [-0.2, 0) is 6.54 Å². The minimum absolute atomic E-state index is 0.618. The molecule has 2 N–H and O–H groups in total. The van der Waals surface area contributed by atoms with Crippen molar-refractivity contribution >= 4 is 11.6 Å². The minimum Gasteiger partial charge on any atom is -0.467 e. The topological polar surface area (TPSA) is 63.0 Å². The number of nitrogens with zero attached hydrogens (tertiary/aromatic N) is 2. The van der Waals surface area contributed by atoms with Gasteiger partial charge in [-0.25, -0.2) is 9.97 Å². The predicted molar refractivity (Wildman–Crippen MR) is 67.1 cm³/mol. The maximum atomic E-state index is 5.26. The zero-order valence-corrected chi connectivity index (χ0v) is 10.2. The number of anilines is 2. The van der Waals surface area contributed by atoms with Crippen LogP contribution in [0.1, 0.15) is 17.1 Å². The first-order chi connectivity index (χ1) is 8.20. The molecule has 2 aromatic heterocycles. The van der Waals surface area contributed by atoms with Gasteiger partial charge in [0.25, 0.3) is 0 Å². The van der Waals surface area contributed by atoms with Gasteiger partial charge >= 0.3 is 0 Å². The molecule has 17 heavy (non-hydrogen) atoms. The molecule has 0 saturated carbocycles. The largest absolute Gasteiger partial charge is 0.467 e. The minimum atomic E-state index is 0.618. The summed E-state index contributed by atoms with van der Waals surface area (Å²) in [6, 6.07) is 3.80. The summed E-state index contributed by atoms with van der Waals surface area (Å²) < 4.78 is 5.26. The van der Waals surface area contributed by atoms with Gasteiger partial charge in [0, 0.05) is 12.6 Å². The summed E-state index contributed by atoms with van der Waals surface area (Å²) >= 11 is 0. The third kappa shape index (κ3) is 2.55. The number of nitrogens with one attached hydrogen (secondary N) is 2. The summed E-state index contributed by atoms with van der Waals surface area (Å²) in [5.74, 6) is 3.30. The van der Waals surface area contributed by atoms with Gasteiger partial charge in [-0.05, 0) is 26.0 Å². The van der Waals surface area contributed by atoms with Crippen molar-refractivity contribution in [3.63, 3.8) is 0 Å². The van der Waals surface area contributed by atoms with Crippen molar-refractivity contribution < 1.29 is 4.42 Å². The summed E-state index contributed by atoms with van der Waals surface area (Å²) in [6.45, 7) is 4.47. The number of aryl methyl sites for hydroxylation is 1. The fraction of sp³-hybridized carbons (Fsp3) is 0.333. The van der Waals surface area contributed by atoms with Gasteiger partial charge in [-0.3, -0.25) is 0 Å². The van der Waals surface area contributed by atoms with Crippen LogP contribution in [0.2, 0.25) is 0 Å². The third-order valence-corrected chi connectivity index (χ3v) is 2.50. The van der Waals surface area contributed by atoms with Crippen LogP contribution in [0, 0.1) is 13.8 Å². The number of hydrogen-bond donors (Lipinski definition) is 2. The van der Waals surface area contributed by atoms with Gasteiger partial charge in [-0.15, -0.1) is 0 Å². The average Bonchev–Trinajstić information content (AvgIpc) is 2.82. The molecular formula is C12H16N4O. The molecule has 0 unspecified atom stereocenters. The first-order valence-corrected chi connectivity index (χ1v) is 5.50. The molecule has 0 aliphatic heterocycles. The Hall–Kier alpha value is -2.04. The van der Waals surface area contributed by atoms with E-state index in [2.05, 4.69) is 20.6 Å². The third-order valence-electron chi connectivity index (χ3n) is 2.50. The lowest BCUT2D eigenvalue weighted by Crippen LogP contribution is -2.07. The zero-order chi connectivity index (χ0) is 12.3. The molecule has 0 atom stereocenters. The predicted octanol–water partition coefficient (Wildman–Crippen LogP) is 2.34. The molecule has 0 amide bonds. The summed E-state index contributed by atoms with van der Waals surface area (Å²) in [4.78, 5) is 8.69. The fourth-order valence-electron chi connectivity index (χ4n) is 1.63. The highest BCUT2D eigenvalue weighted by Gasteiger charge is 2.07. The van der Waals surface area contributed by atoms with E-state index in [1.54, 1.807) is 6.26 Å². The molecule has 2 aromatic rings. The van der Waals surface area contributed by atoms with Gasteiger partial charge in [0.15, 0.2) is 0 Å². The smallest absolute Gasteiger partial charge is 0.135 e. The number of aromatic nitrogens is 2. The van der Waals surface area contributed by atoms with Crippen LogP contribution >= 0.6 is 0 Å². The number of furan rings is 1. The molecule has 0 aliphatic rings. The van der Waals surface area contributed by atoms with E-state index in [-0.39, 0.29) is 0 Å². The Morgan fingerprint density at radius 1 is 1.24 bits per heavy atom. The van der Waals surface area contributed by atoms with Gasteiger partial charge in [-0.1, -0.05) is 0 Å². The van der Waals surface area contributed by atoms with Gasteiger partial charge < -0.3 is 15.1 Å². The Kier molecular flexibility index (Phi) is 3.27. The van der Waals surface area contributed by atoms with E-state index in [4.69, 9.17) is 4.42 Å². The molecule has 0 bridgehead atoms. The van der Waals surface area contributed by atoms with Crippen molar-refractivity contribution in [3.05, 3.63) is 35.5 Å². The molecule has 0 fully saturated rings. The molecule has 2 rings (SSSR count). The lowest BCUT2D eigenvalue weighted by molar-refractivity contribution is 0.517. The van der Waals surface area contributed by atoms with Crippen molar-refractivity contribution in [2.24, 2.45) is 0 Å². The molecule has 90 valence electrons. The fourth-order valence-corrected chi connectivity index (χ4v) is 1.63. The Balaban J connectivity index is 2.17. The molecule has 0 aliphatic carbocycles. The quantitative estimate of drug-likeness (QED) is 0.847. The number of hydrogen-bond acceptors (Lipinski definition) is 5. The second kappa shape index (κ2) is 4.86. The summed E-state index contributed by atoms with van der Waals surface area (Å²) in [5.41, 5.74) is 1.00. The van der Waals surface area contributed by atoms with E-state index >= 15 is 0 Å². The van der Waals surface area contributed by atoms with Gasteiger partial charge in [-0.2, -0.15) is 0 Å². The van der Waals surface area contributed by atoms with Crippen LogP contribution in [0.25, 0.3) is 0 Å². The molecule has 2 heterocycles. The normalized spacial score (nSPS) is 10.3. The summed E-state index contributed by atoms with van der Waals surface area (Å²) in [7, 11) is 1.85. The Morgan fingerprint density at radius 3 is 2.65 bits per heavy atom. The second-order valence-electron chi connectivity index (χ2n) is 3.78. The number of rotatable bonds is 4. The van der Waals surface area contributed by atoms with E-state index in [0.29, 0.717) is 6.54 Å². The molecule has 5 nitrogen and oxygen atoms in total. The van der Waals surface area contributed by atoms with Crippen LogP contribution in [0.3, 0.4) is 0 Å². The lowest BCUT2D eigenvalue weighted by Gasteiger charge is -2.11. The van der Waals surface area contributed by atoms with Crippen molar-refractivity contribution in [2.75, 3.05) is 17.7 Å². The second-order valence-corrected chi connectivity index (χ2v) is 3.78. The maximum absolute atomic E-state index is 5.26. The monoisotopic (exact) mass is 232 g/mol. The maximum Gasteiger partial charge on any atom is 0.135 e. The van der Waals surface area contributed by atoms with E-state index < -0.39 is 0 Å². The van der Waals surface area contributed by atoms with Gasteiger partial charge in [0.05, 0.1) is 12.8 Å². The summed E-state index contributed by atoms with van der Waals surface area (Å²) in [6.07, 6.45) is 1.66. The first-order valence-electron chi connectivity index (χ1n) is 5.50. The van der Waals surface area contributed by atoms with Crippen molar-refractivity contribution in [3.8, 4) is 0 Å². The average molecular weight is 232 g/mol. The van der Waals surface area contributed by atoms with Crippen LogP contribution < -0.4 is 10.6 Å². The van der Waals surface area contributed by atoms with E-state index in [1.165, 1.54) is 0 Å². The van der Waals surface area contributed by atoms with Crippen LogP contribution in [0.4, 0.5) is 11.6 Å². The highest BCUT2D eigenvalue weighted by molar-refractivity contribution is 5.56. The van der Waals surface area contributed by atoms with Crippen molar-refractivity contribution in [2.45, 2.75) is 20.4 Å². The van der Waals surface area contributed by atoms with E-state index in [9.17, 15) is 0 Å². The standard InChI is InChI=1S/C12H16N4O/c1-8-11(13-3)15-9(2)16-12(8)14-7-10-5-4-6-17-10/h4-6H,7H2,1-3H3,(H2,13,14,15,16). The van der Waals surface area contributed by atoms with E-state index in [1.807, 2.05) is 33.0 Å². The lowest BCUT2D eigenvalue weighted by atomic mass is 10.3. The first kappa shape index (κ1) is 11.4. The molecule has 0 aromatic carbocycles. The SMILES string of the molecule is CNc1nc(C)nc(NCc2ccco2)c1C. The van der Waals surface area contributed by atoms with Crippen molar-refractivity contribution in [1.82, 2.24) is 9.97 Å². The van der Waals surface area contributed by atoms with Crippen molar-refractivity contribution in [1.29, 1.82) is 0 Å². The molecule has 0 spiro atoms. The molecule has 5 heteroatoms. The van der Waals surface area contributed by atoms with Gasteiger partial charge in [0.2, 0.25) is 0 Å². The summed E-state index contributed by atoms with van der Waals surface area (Å²) in [5, 5.41) is 6.30. The van der Waals surface area contributed by atoms with Gasteiger partial charge in [0.1, 0.15) is 23.2 Å². The van der Waals surface area contributed by atoms with Crippen LogP contribution in [0.15, 0.2) is 22.8 Å². The zero-order valence-electron chi connectivity index (χ0n) is 10.2. The molecule has 0 radical (unpaired) electrons. The highest BCUT2D eigenvalue weighted by Crippen LogP contribution is 2.19. The Labute approximate surface area is 100 Å². The van der Waals surface area contributed by atoms with Crippen LogP contribution in [-0.4, -0.2) is 17.0 Å². The molecule has 0 saturated heterocycles. The van der Waals surface area contributed by atoms with Crippen LogP contribution in [0.5, 0.6) is 0 Å². The van der Waals surface area contributed by atoms with E-state index in [0.717, 1.165) is 28.8 Å².